The molecule has 1 heterocycles. The Bertz CT molecular complexity index is 222. The highest BCUT2D eigenvalue weighted by molar-refractivity contribution is 9.10. The van der Waals surface area contributed by atoms with E-state index in [-0.39, 0.29) is 12.4 Å². The fourth-order valence-electron chi connectivity index (χ4n) is 0.621. The van der Waals surface area contributed by atoms with E-state index in [1.165, 1.54) is 0 Å². The molecule has 0 amide bonds. The number of hydrogen-bond donors (Lipinski definition) is 1. The van der Waals surface area contributed by atoms with E-state index in [0.717, 1.165) is 10.2 Å². The highest BCUT2D eigenvalue weighted by atomic mass is 79.9. The van der Waals surface area contributed by atoms with Crippen molar-refractivity contribution < 1.29 is 0 Å². The average molecular weight is 258 g/mol. The summed E-state index contributed by atoms with van der Waals surface area (Å²) >= 11 is 8.91. The third-order valence-corrected chi connectivity index (χ3v) is 1.67. The van der Waals surface area contributed by atoms with Gasteiger partial charge in [-0.3, -0.25) is 0 Å². The molecule has 5 heteroatoms. The molecule has 0 bridgehead atoms. The predicted molar refractivity (Wildman–Crippen MR) is 52.1 cm³/mol. The van der Waals surface area contributed by atoms with Gasteiger partial charge in [0.15, 0.2) is 0 Å². The summed E-state index contributed by atoms with van der Waals surface area (Å²) in [6.45, 7) is 0.416. The molecule has 2 nitrogen and oxygen atoms in total. The molecule has 0 aliphatic carbocycles. The minimum absolute atomic E-state index is 0. The Kier molecular flexibility index (Phi) is 5.01. The Morgan fingerprint density at radius 3 is 2.64 bits per heavy atom. The Balaban J connectivity index is 0.000001000. The van der Waals surface area contributed by atoms with Crippen LogP contribution in [0.5, 0.6) is 0 Å². The lowest BCUT2D eigenvalue weighted by Gasteiger charge is -1.96. The smallest absolute Gasteiger partial charge is 0.130 e. The lowest BCUT2D eigenvalue weighted by atomic mass is 10.4. The lowest BCUT2D eigenvalue weighted by Crippen LogP contribution is -1.98. The SMILES string of the molecule is Cl.NCc1cc(Br)cc(Cl)n1. The second-order valence-electron chi connectivity index (χ2n) is 1.80. The van der Waals surface area contributed by atoms with Crippen molar-refractivity contribution in [2.75, 3.05) is 0 Å². The van der Waals surface area contributed by atoms with E-state index in [1.54, 1.807) is 6.07 Å². The lowest BCUT2D eigenvalue weighted by molar-refractivity contribution is 0.988. The molecular weight excluding hydrogens is 251 g/mol. The molecule has 0 atom stereocenters. The summed E-state index contributed by atoms with van der Waals surface area (Å²) in [5, 5.41) is 0.467. The molecule has 11 heavy (non-hydrogen) atoms. The van der Waals surface area contributed by atoms with Gasteiger partial charge in [-0.2, -0.15) is 0 Å². The molecule has 0 saturated heterocycles. The molecule has 0 radical (unpaired) electrons. The maximum absolute atomic E-state index is 5.63. The Morgan fingerprint density at radius 2 is 2.18 bits per heavy atom. The topological polar surface area (TPSA) is 38.9 Å². The molecule has 1 rings (SSSR count). The zero-order chi connectivity index (χ0) is 7.56. The van der Waals surface area contributed by atoms with Gasteiger partial charge < -0.3 is 5.73 Å². The third-order valence-electron chi connectivity index (χ3n) is 1.02. The van der Waals surface area contributed by atoms with Crippen LogP contribution in [-0.2, 0) is 6.54 Å². The summed E-state index contributed by atoms with van der Waals surface area (Å²) in [5.74, 6) is 0. The monoisotopic (exact) mass is 256 g/mol. The number of hydrogen-bond acceptors (Lipinski definition) is 2. The van der Waals surface area contributed by atoms with Crippen LogP contribution in [0.1, 0.15) is 5.69 Å². The maximum Gasteiger partial charge on any atom is 0.130 e. The Hall–Kier alpha value is 0.170. The molecule has 0 fully saturated rings. The van der Waals surface area contributed by atoms with Crippen molar-refractivity contribution in [3.63, 3.8) is 0 Å². The fraction of sp³-hybridized carbons (Fsp3) is 0.167. The number of pyridine rings is 1. The van der Waals surface area contributed by atoms with Gasteiger partial charge in [0.25, 0.3) is 0 Å². The predicted octanol–water partition coefficient (Wildman–Crippen LogP) is 2.38. The minimum Gasteiger partial charge on any atom is -0.325 e. The molecule has 62 valence electrons. The Morgan fingerprint density at radius 1 is 1.55 bits per heavy atom. The molecule has 0 spiro atoms. The van der Waals surface area contributed by atoms with Crippen molar-refractivity contribution in [1.82, 2.24) is 4.98 Å². The normalized spacial score (nSPS) is 9.00. The van der Waals surface area contributed by atoms with Crippen LogP contribution in [-0.4, -0.2) is 4.98 Å². The summed E-state index contributed by atoms with van der Waals surface area (Å²) in [6, 6.07) is 3.56. The van der Waals surface area contributed by atoms with Gasteiger partial charge >= 0.3 is 0 Å². The quantitative estimate of drug-likeness (QED) is 0.785. The van der Waals surface area contributed by atoms with Crippen LogP contribution in [0.2, 0.25) is 5.15 Å². The van der Waals surface area contributed by atoms with E-state index in [2.05, 4.69) is 20.9 Å². The average Bonchev–Trinajstić information content (AvgIpc) is 1.85. The summed E-state index contributed by atoms with van der Waals surface area (Å²) in [4.78, 5) is 3.96. The molecule has 1 aromatic heterocycles. The second-order valence-corrected chi connectivity index (χ2v) is 3.11. The van der Waals surface area contributed by atoms with E-state index in [4.69, 9.17) is 17.3 Å². The van der Waals surface area contributed by atoms with Gasteiger partial charge in [-0.05, 0) is 12.1 Å². The van der Waals surface area contributed by atoms with Gasteiger partial charge in [0, 0.05) is 11.0 Å². The highest BCUT2D eigenvalue weighted by Gasteiger charge is 1.95. The first-order chi connectivity index (χ1) is 4.72. The molecule has 0 saturated carbocycles. The van der Waals surface area contributed by atoms with Gasteiger partial charge in [0.1, 0.15) is 5.15 Å². The number of nitrogens with zero attached hydrogens (tertiary/aromatic N) is 1. The first-order valence-electron chi connectivity index (χ1n) is 2.74. The zero-order valence-electron chi connectivity index (χ0n) is 5.55. The van der Waals surface area contributed by atoms with Gasteiger partial charge in [0.05, 0.1) is 5.69 Å². The second kappa shape index (κ2) is 4.93. The molecule has 1 aromatic rings. The number of nitrogens with two attached hydrogens (primary N) is 1. The Labute approximate surface area is 84.7 Å². The third kappa shape index (κ3) is 3.38. The molecular formula is C6H7BrCl2N2. The van der Waals surface area contributed by atoms with Crippen LogP contribution in [0.15, 0.2) is 16.6 Å². The largest absolute Gasteiger partial charge is 0.325 e. The highest BCUT2D eigenvalue weighted by Crippen LogP contribution is 2.15. The van der Waals surface area contributed by atoms with Gasteiger partial charge in [-0.25, -0.2) is 4.98 Å². The number of aromatic nitrogens is 1. The molecule has 0 aromatic carbocycles. The minimum atomic E-state index is 0. The van der Waals surface area contributed by atoms with Crippen molar-refractivity contribution in [2.24, 2.45) is 5.73 Å². The van der Waals surface area contributed by atoms with Crippen molar-refractivity contribution in [3.8, 4) is 0 Å². The van der Waals surface area contributed by atoms with E-state index in [1.807, 2.05) is 6.07 Å². The summed E-state index contributed by atoms with van der Waals surface area (Å²) in [5.41, 5.74) is 6.14. The van der Waals surface area contributed by atoms with E-state index in [0.29, 0.717) is 11.7 Å². The summed E-state index contributed by atoms with van der Waals surface area (Å²) < 4.78 is 0.910. The van der Waals surface area contributed by atoms with E-state index in [9.17, 15) is 0 Å². The molecule has 2 N–H and O–H groups in total. The van der Waals surface area contributed by atoms with Gasteiger partial charge in [-0.15, -0.1) is 12.4 Å². The van der Waals surface area contributed by atoms with Crippen molar-refractivity contribution in [2.45, 2.75) is 6.54 Å². The first kappa shape index (κ1) is 11.2. The first-order valence-corrected chi connectivity index (χ1v) is 3.91. The summed E-state index contributed by atoms with van der Waals surface area (Å²) in [6.07, 6.45) is 0. The van der Waals surface area contributed by atoms with Crippen LogP contribution < -0.4 is 5.73 Å². The van der Waals surface area contributed by atoms with Crippen molar-refractivity contribution in [3.05, 3.63) is 27.5 Å². The standard InChI is InChI=1S/C6H6BrClN2.ClH/c7-4-1-5(3-9)10-6(8)2-4;/h1-2H,3,9H2;1H. The molecule has 0 aliphatic heterocycles. The number of rotatable bonds is 1. The van der Waals surface area contributed by atoms with Gasteiger partial charge in [0.2, 0.25) is 0 Å². The van der Waals surface area contributed by atoms with E-state index < -0.39 is 0 Å². The van der Waals surface area contributed by atoms with Crippen LogP contribution in [0.4, 0.5) is 0 Å². The van der Waals surface area contributed by atoms with Crippen LogP contribution in [0.25, 0.3) is 0 Å². The van der Waals surface area contributed by atoms with E-state index >= 15 is 0 Å². The van der Waals surface area contributed by atoms with Gasteiger partial charge in [-0.1, -0.05) is 27.5 Å². The fourth-order valence-corrected chi connectivity index (χ4v) is 1.46. The van der Waals surface area contributed by atoms with Crippen LogP contribution >= 0.6 is 39.9 Å². The van der Waals surface area contributed by atoms with Crippen LogP contribution in [0, 0.1) is 0 Å². The maximum atomic E-state index is 5.63. The summed E-state index contributed by atoms with van der Waals surface area (Å²) in [7, 11) is 0. The zero-order valence-corrected chi connectivity index (χ0v) is 8.71. The number of halogens is 3. The molecule has 0 aliphatic rings. The van der Waals surface area contributed by atoms with Crippen molar-refractivity contribution in [1.29, 1.82) is 0 Å². The van der Waals surface area contributed by atoms with Crippen LogP contribution in [0.3, 0.4) is 0 Å². The van der Waals surface area contributed by atoms with Crippen molar-refractivity contribution >= 4 is 39.9 Å². The molecule has 0 unspecified atom stereocenters.